The SMILES string of the molecule is C[Si](C)(OCN)c1ccccc1. The molecule has 66 valence electrons. The molecule has 12 heavy (non-hydrogen) atoms. The summed E-state index contributed by atoms with van der Waals surface area (Å²) < 4.78 is 5.53. The van der Waals surface area contributed by atoms with Crippen LogP contribution in [0.4, 0.5) is 0 Å². The van der Waals surface area contributed by atoms with Crippen LogP contribution >= 0.6 is 0 Å². The lowest BCUT2D eigenvalue weighted by atomic mass is 10.4. The van der Waals surface area contributed by atoms with Gasteiger partial charge in [0.15, 0.2) is 0 Å². The van der Waals surface area contributed by atoms with Gasteiger partial charge in [0.1, 0.15) is 0 Å². The van der Waals surface area contributed by atoms with Crippen molar-refractivity contribution in [2.45, 2.75) is 13.1 Å². The summed E-state index contributed by atoms with van der Waals surface area (Å²) in [4.78, 5) is 0. The predicted octanol–water partition coefficient (Wildman–Crippen LogP) is 1.03. The Bertz CT molecular complexity index is 236. The maximum Gasteiger partial charge on any atom is 0.219 e. The highest BCUT2D eigenvalue weighted by Gasteiger charge is 2.23. The third kappa shape index (κ3) is 2.17. The van der Waals surface area contributed by atoms with E-state index in [1.54, 1.807) is 0 Å². The third-order valence-electron chi connectivity index (χ3n) is 1.91. The Kier molecular flexibility index (Phi) is 3.03. The molecule has 0 spiro atoms. The van der Waals surface area contributed by atoms with Crippen molar-refractivity contribution in [1.29, 1.82) is 0 Å². The number of benzene rings is 1. The maximum absolute atomic E-state index is 5.53. The number of hydrogen-bond acceptors (Lipinski definition) is 2. The highest BCUT2D eigenvalue weighted by atomic mass is 28.4. The smallest absolute Gasteiger partial charge is 0.219 e. The van der Waals surface area contributed by atoms with E-state index < -0.39 is 8.32 Å². The average molecular weight is 181 g/mol. The fourth-order valence-electron chi connectivity index (χ4n) is 1.13. The molecule has 0 aliphatic carbocycles. The molecule has 0 aromatic heterocycles. The average Bonchev–Trinajstić information content (AvgIpc) is 2.06. The first-order valence-electron chi connectivity index (χ1n) is 4.06. The van der Waals surface area contributed by atoms with Crippen molar-refractivity contribution < 1.29 is 4.43 Å². The molecule has 0 heterocycles. The fourth-order valence-corrected chi connectivity index (χ4v) is 2.71. The number of hydrogen-bond donors (Lipinski definition) is 1. The van der Waals surface area contributed by atoms with Crippen LogP contribution in [0.25, 0.3) is 0 Å². The van der Waals surface area contributed by atoms with Crippen LogP contribution in [0, 0.1) is 0 Å². The van der Waals surface area contributed by atoms with Gasteiger partial charge in [0.2, 0.25) is 8.32 Å². The van der Waals surface area contributed by atoms with Crippen LogP contribution in [0.2, 0.25) is 13.1 Å². The molecule has 0 atom stereocenters. The molecule has 0 aliphatic heterocycles. The highest BCUT2D eigenvalue weighted by molar-refractivity contribution is 6.84. The van der Waals surface area contributed by atoms with E-state index in [-0.39, 0.29) is 0 Å². The summed E-state index contributed by atoms with van der Waals surface area (Å²) >= 11 is 0. The standard InChI is InChI=1S/C9H15NOSi/c1-12(2,11-8-10)9-6-4-3-5-7-9/h3-7H,8,10H2,1-2H3. The zero-order valence-corrected chi connectivity index (χ0v) is 8.58. The molecule has 0 fully saturated rings. The monoisotopic (exact) mass is 181 g/mol. The quantitative estimate of drug-likeness (QED) is 0.558. The summed E-state index contributed by atoms with van der Waals surface area (Å²) in [6, 6.07) is 10.3. The summed E-state index contributed by atoms with van der Waals surface area (Å²) in [5, 5.41) is 1.29. The molecule has 2 N–H and O–H groups in total. The zero-order valence-electron chi connectivity index (χ0n) is 7.58. The van der Waals surface area contributed by atoms with E-state index in [1.807, 2.05) is 18.2 Å². The van der Waals surface area contributed by atoms with Gasteiger partial charge < -0.3 is 10.2 Å². The van der Waals surface area contributed by atoms with Crippen molar-refractivity contribution in [3.05, 3.63) is 30.3 Å². The molecule has 1 aromatic rings. The van der Waals surface area contributed by atoms with E-state index in [0.29, 0.717) is 6.73 Å². The first kappa shape index (κ1) is 9.44. The minimum absolute atomic E-state index is 0.314. The lowest BCUT2D eigenvalue weighted by molar-refractivity contribution is 0.328. The second-order valence-corrected chi connectivity index (χ2v) is 7.07. The van der Waals surface area contributed by atoms with Crippen LogP contribution < -0.4 is 10.9 Å². The molecule has 0 unspecified atom stereocenters. The second kappa shape index (κ2) is 3.84. The Morgan fingerprint density at radius 3 is 2.33 bits per heavy atom. The Balaban J connectivity index is 2.82. The molecule has 0 saturated heterocycles. The summed E-state index contributed by atoms with van der Waals surface area (Å²) in [5.41, 5.74) is 5.36. The van der Waals surface area contributed by atoms with Gasteiger partial charge in [-0.15, -0.1) is 0 Å². The minimum atomic E-state index is -1.70. The highest BCUT2D eigenvalue weighted by Crippen LogP contribution is 2.03. The number of nitrogens with two attached hydrogens (primary N) is 1. The Labute approximate surface area is 74.5 Å². The molecule has 0 aliphatic rings. The zero-order chi connectivity index (χ0) is 9.03. The summed E-state index contributed by atoms with van der Waals surface area (Å²) in [6.07, 6.45) is 0. The Morgan fingerprint density at radius 2 is 1.83 bits per heavy atom. The molecule has 0 amide bonds. The van der Waals surface area contributed by atoms with Crippen LogP contribution in [0.1, 0.15) is 0 Å². The van der Waals surface area contributed by atoms with E-state index in [9.17, 15) is 0 Å². The van der Waals surface area contributed by atoms with Gasteiger partial charge in [-0.3, -0.25) is 0 Å². The lowest BCUT2D eigenvalue weighted by Gasteiger charge is -2.21. The minimum Gasteiger partial charge on any atom is -0.401 e. The van der Waals surface area contributed by atoms with E-state index >= 15 is 0 Å². The normalized spacial score (nSPS) is 11.6. The molecule has 0 radical (unpaired) electrons. The summed E-state index contributed by atoms with van der Waals surface area (Å²) in [6.45, 7) is 4.61. The van der Waals surface area contributed by atoms with Crippen LogP contribution in [-0.2, 0) is 4.43 Å². The van der Waals surface area contributed by atoms with E-state index in [2.05, 4.69) is 25.2 Å². The van der Waals surface area contributed by atoms with Crippen molar-refractivity contribution in [3.8, 4) is 0 Å². The van der Waals surface area contributed by atoms with Crippen LogP contribution in [-0.4, -0.2) is 15.0 Å². The molecule has 0 bridgehead atoms. The van der Waals surface area contributed by atoms with E-state index in [1.165, 1.54) is 5.19 Å². The molecule has 0 saturated carbocycles. The van der Waals surface area contributed by atoms with Gasteiger partial charge in [0.05, 0.1) is 6.73 Å². The first-order chi connectivity index (χ1) is 5.67. The van der Waals surface area contributed by atoms with Gasteiger partial charge in [-0.25, -0.2) is 0 Å². The van der Waals surface area contributed by atoms with Crippen molar-refractivity contribution in [2.75, 3.05) is 6.73 Å². The van der Waals surface area contributed by atoms with Crippen molar-refractivity contribution in [3.63, 3.8) is 0 Å². The van der Waals surface area contributed by atoms with Crippen molar-refractivity contribution in [2.24, 2.45) is 5.73 Å². The second-order valence-electron chi connectivity index (χ2n) is 3.19. The van der Waals surface area contributed by atoms with Crippen molar-refractivity contribution >= 4 is 13.5 Å². The Hall–Kier alpha value is -0.643. The maximum atomic E-state index is 5.53. The largest absolute Gasteiger partial charge is 0.401 e. The molecule has 1 rings (SSSR count). The first-order valence-corrected chi connectivity index (χ1v) is 6.97. The van der Waals surface area contributed by atoms with Gasteiger partial charge in [-0.05, 0) is 18.3 Å². The summed E-state index contributed by atoms with van der Waals surface area (Å²) in [5.74, 6) is 0. The van der Waals surface area contributed by atoms with Gasteiger partial charge in [0, 0.05) is 0 Å². The Morgan fingerprint density at radius 1 is 1.25 bits per heavy atom. The summed E-state index contributed by atoms with van der Waals surface area (Å²) in [7, 11) is -1.70. The molecular weight excluding hydrogens is 166 g/mol. The fraction of sp³-hybridized carbons (Fsp3) is 0.333. The lowest BCUT2D eigenvalue weighted by Crippen LogP contribution is -2.45. The van der Waals surface area contributed by atoms with Crippen LogP contribution in [0.15, 0.2) is 30.3 Å². The van der Waals surface area contributed by atoms with E-state index in [4.69, 9.17) is 10.2 Å². The van der Waals surface area contributed by atoms with Gasteiger partial charge in [0.25, 0.3) is 0 Å². The van der Waals surface area contributed by atoms with Gasteiger partial charge >= 0.3 is 0 Å². The third-order valence-corrected chi connectivity index (χ3v) is 4.53. The molecule has 2 nitrogen and oxygen atoms in total. The van der Waals surface area contributed by atoms with Crippen LogP contribution in [0.5, 0.6) is 0 Å². The molecule has 1 aromatic carbocycles. The van der Waals surface area contributed by atoms with Crippen molar-refractivity contribution in [1.82, 2.24) is 0 Å². The molecular formula is C9H15NOSi. The molecule has 3 heteroatoms. The van der Waals surface area contributed by atoms with Crippen LogP contribution in [0.3, 0.4) is 0 Å². The topological polar surface area (TPSA) is 35.2 Å². The van der Waals surface area contributed by atoms with Gasteiger partial charge in [-0.1, -0.05) is 30.3 Å². The van der Waals surface area contributed by atoms with E-state index in [0.717, 1.165) is 0 Å². The number of rotatable bonds is 3. The van der Waals surface area contributed by atoms with Gasteiger partial charge in [-0.2, -0.15) is 0 Å². The predicted molar refractivity (Wildman–Crippen MR) is 53.7 cm³/mol.